The van der Waals surface area contributed by atoms with E-state index in [1.165, 1.54) is 4.90 Å². The van der Waals surface area contributed by atoms with E-state index in [4.69, 9.17) is 9.84 Å². The molecule has 100 valence electrons. The third-order valence-corrected chi connectivity index (χ3v) is 2.83. The maximum atomic E-state index is 11.6. The lowest BCUT2D eigenvalue weighted by atomic mass is 10.1. The van der Waals surface area contributed by atoms with Gasteiger partial charge in [0.05, 0.1) is 19.6 Å². The van der Waals surface area contributed by atoms with Crippen LogP contribution in [0.1, 0.15) is 17.5 Å². The molecule has 1 N–H and O–H groups in total. The van der Waals surface area contributed by atoms with Gasteiger partial charge in [0, 0.05) is 13.6 Å². The summed E-state index contributed by atoms with van der Waals surface area (Å²) in [6.07, 6.45) is 0.324. The van der Waals surface area contributed by atoms with Crippen LogP contribution in [0.25, 0.3) is 0 Å². The molecule has 0 aromatic heterocycles. The molecule has 18 heavy (non-hydrogen) atoms. The summed E-state index contributed by atoms with van der Waals surface area (Å²) >= 11 is 0. The van der Waals surface area contributed by atoms with Crippen molar-refractivity contribution >= 4 is 5.91 Å². The number of aliphatic hydroxyl groups is 1. The Labute approximate surface area is 108 Å². The van der Waals surface area contributed by atoms with Crippen molar-refractivity contribution < 1.29 is 14.6 Å². The fourth-order valence-electron chi connectivity index (χ4n) is 1.73. The molecule has 0 heterocycles. The third-order valence-electron chi connectivity index (χ3n) is 2.83. The fraction of sp³-hybridized carbons (Fsp3) is 0.500. The summed E-state index contributed by atoms with van der Waals surface area (Å²) in [7, 11) is 1.68. The zero-order chi connectivity index (χ0) is 13.5. The molecule has 1 aromatic carbocycles. The van der Waals surface area contributed by atoms with Gasteiger partial charge in [0.2, 0.25) is 5.91 Å². The first-order valence-electron chi connectivity index (χ1n) is 6.10. The van der Waals surface area contributed by atoms with Gasteiger partial charge in [0.1, 0.15) is 5.75 Å². The Morgan fingerprint density at radius 1 is 1.33 bits per heavy atom. The predicted molar refractivity (Wildman–Crippen MR) is 70.8 cm³/mol. The number of rotatable bonds is 6. The van der Waals surface area contributed by atoms with Crippen molar-refractivity contribution in [3.63, 3.8) is 0 Å². The van der Waals surface area contributed by atoms with Gasteiger partial charge >= 0.3 is 0 Å². The summed E-state index contributed by atoms with van der Waals surface area (Å²) in [6, 6.07) is 5.96. The lowest BCUT2D eigenvalue weighted by Gasteiger charge is -2.16. The van der Waals surface area contributed by atoms with Crippen molar-refractivity contribution in [3.8, 4) is 5.75 Å². The molecule has 0 bridgehead atoms. The van der Waals surface area contributed by atoms with Crippen molar-refractivity contribution in [3.05, 3.63) is 29.3 Å². The summed E-state index contributed by atoms with van der Waals surface area (Å²) in [5, 5.41) is 8.74. The normalized spacial score (nSPS) is 10.2. The Morgan fingerprint density at radius 3 is 2.50 bits per heavy atom. The van der Waals surface area contributed by atoms with Crippen molar-refractivity contribution in [2.24, 2.45) is 0 Å². The first-order valence-corrected chi connectivity index (χ1v) is 6.10. The number of amides is 1. The molecular formula is C14H21NO3. The molecule has 1 aromatic rings. The van der Waals surface area contributed by atoms with Gasteiger partial charge in [-0.05, 0) is 25.0 Å². The SMILES string of the molecule is Cc1cccc(C)c1OCCC(=O)N(C)CCO. The summed E-state index contributed by atoms with van der Waals surface area (Å²) in [5.74, 6) is 0.838. The number of benzene rings is 1. The smallest absolute Gasteiger partial charge is 0.225 e. The van der Waals surface area contributed by atoms with Crippen LogP contribution in [0.2, 0.25) is 0 Å². The molecular weight excluding hydrogens is 230 g/mol. The van der Waals surface area contributed by atoms with Crippen LogP contribution in [0.5, 0.6) is 5.75 Å². The minimum absolute atomic E-state index is 0.0139. The van der Waals surface area contributed by atoms with Crippen LogP contribution in [0, 0.1) is 13.8 Å². The van der Waals surface area contributed by atoms with Crippen molar-refractivity contribution in [1.29, 1.82) is 0 Å². The summed E-state index contributed by atoms with van der Waals surface area (Å²) in [5.41, 5.74) is 2.15. The van der Waals surface area contributed by atoms with Crippen LogP contribution >= 0.6 is 0 Å². The second-order valence-electron chi connectivity index (χ2n) is 4.36. The van der Waals surface area contributed by atoms with Crippen LogP contribution in [0.15, 0.2) is 18.2 Å². The Morgan fingerprint density at radius 2 is 1.94 bits per heavy atom. The summed E-state index contributed by atoms with van der Waals surface area (Å²) < 4.78 is 5.66. The Bertz CT molecular complexity index is 384. The van der Waals surface area contributed by atoms with Crippen LogP contribution in [-0.2, 0) is 4.79 Å². The van der Waals surface area contributed by atoms with E-state index < -0.39 is 0 Å². The number of carbonyl (C=O) groups is 1. The average Bonchev–Trinajstić information content (AvgIpc) is 2.33. The van der Waals surface area contributed by atoms with E-state index in [0.29, 0.717) is 19.6 Å². The van der Waals surface area contributed by atoms with E-state index in [-0.39, 0.29) is 12.5 Å². The first-order chi connectivity index (χ1) is 8.56. The molecule has 0 saturated heterocycles. The highest BCUT2D eigenvalue weighted by Crippen LogP contribution is 2.22. The van der Waals surface area contributed by atoms with Gasteiger partial charge in [-0.3, -0.25) is 4.79 Å². The average molecular weight is 251 g/mol. The molecule has 1 amide bonds. The second-order valence-corrected chi connectivity index (χ2v) is 4.36. The number of hydrogen-bond donors (Lipinski definition) is 1. The lowest BCUT2D eigenvalue weighted by molar-refractivity contribution is -0.130. The number of hydrogen-bond acceptors (Lipinski definition) is 3. The van der Waals surface area contributed by atoms with Crippen molar-refractivity contribution in [2.75, 3.05) is 26.8 Å². The largest absolute Gasteiger partial charge is 0.493 e. The highest BCUT2D eigenvalue weighted by Gasteiger charge is 2.09. The van der Waals surface area contributed by atoms with Crippen LogP contribution in [0.4, 0.5) is 0 Å². The fourth-order valence-corrected chi connectivity index (χ4v) is 1.73. The van der Waals surface area contributed by atoms with Crippen molar-refractivity contribution in [1.82, 2.24) is 4.90 Å². The predicted octanol–water partition coefficient (Wildman–Crippen LogP) is 1.52. The molecule has 0 fully saturated rings. The monoisotopic (exact) mass is 251 g/mol. The topological polar surface area (TPSA) is 49.8 Å². The van der Waals surface area contributed by atoms with Gasteiger partial charge in [-0.15, -0.1) is 0 Å². The molecule has 1 rings (SSSR count). The van der Waals surface area contributed by atoms with Gasteiger partial charge in [0.25, 0.3) is 0 Å². The Kier molecular flexibility index (Phi) is 5.65. The Hall–Kier alpha value is -1.55. The molecule has 0 saturated carbocycles. The maximum absolute atomic E-state index is 11.6. The molecule has 0 aliphatic carbocycles. The van der Waals surface area contributed by atoms with Crippen LogP contribution < -0.4 is 4.74 Å². The zero-order valence-electron chi connectivity index (χ0n) is 11.3. The zero-order valence-corrected chi connectivity index (χ0v) is 11.3. The van der Waals surface area contributed by atoms with E-state index in [2.05, 4.69) is 0 Å². The molecule has 0 unspecified atom stereocenters. The minimum Gasteiger partial charge on any atom is -0.493 e. The molecule has 0 aliphatic heterocycles. The van der Waals surface area contributed by atoms with Crippen LogP contribution in [0.3, 0.4) is 0 Å². The van der Waals surface area contributed by atoms with Gasteiger partial charge in [0.15, 0.2) is 0 Å². The van der Waals surface area contributed by atoms with E-state index in [1.54, 1.807) is 7.05 Å². The number of nitrogens with zero attached hydrogens (tertiary/aromatic N) is 1. The molecule has 0 spiro atoms. The molecule has 4 heteroatoms. The molecule has 0 atom stereocenters. The van der Waals surface area contributed by atoms with E-state index in [9.17, 15) is 4.79 Å². The minimum atomic E-state index is -0.0183. The molecule has 4 nitrogen and oxygen atoms in total. The number of likely N-dealkylation sites (N-methyl/N-ethyl adjacent to an activating group) is 1. The number of carbonyl (C=O) groups excluding carboxylic acids is 1. The highest BCUT2D eigenvalue weighted by atomic mass is 16.5. The van der Waals surface area contributed by atoms with E-state index in [1.807, 2.05) is 32.0 Å². The van der Waals surface area contributed by atoms with Crippen LogP contribution in [-0.4, -0.2) is 42.7 Å². The second kappa shape index (κ2) is 7.01. The van der Waals surface area contributed by atoms with E-state index in [0.717, 1.165) is 16.9 Å². The number of aryl methyl sites for hydroxylation is 2. The summed E-state index contributed by atoms with van der Waals surface area (Å²) in [6.45, 7) is 4.69. The van der Waals surface area contributed by atoms with Gasteiger partial charge < -0.3 is 14.7 Å². The molecule has 0 radical (unpaired) electrons. The standard InChI is InChI=1S/C14H21NO3/c1-11-5-4-6-12(2)14(11)18-10-7-13(17)15(3)8-9-16/h4-6,16H,7-10H2,1-3H3. The van der Waals surface area contributed by atoms with Gasteiger partial charge in [-0.25, -0.2) is 0 Å². The number of para-hydroxylation sites is 1. The quantitative estimate of drug-likeness (QED) is 0.834. The highest BCUT2D eigenvalue weighted by molar-refractivity contribution is 5.75. The number of aliphatic hydroxyl groups excluding tert-OH is 1. The van der Waals surface area contributed by atoms with Crippen molar-refractivity contribution in [2.45, 2.75) is 20.3 Å². The molecule has 0 aliphatic rings. The third kappa shape index (κ3) is 4.04. The Balaban J connectivity index is 2.44. The van der Waals surface area contributed by atoms with Gasteiger partial charge in [-0.2, -0.15) is 0 Å². The number of ether oxygens (including phenoxy) is 1. The first kappa shape index (κ1) is 14.5. The summed E-state index contributed by atoms with van der Waals surface area (Å²) in [4.78, 5) is 13.1. The van der Waals surface area contributed by atoms with Gasteiger partial charge in [-0.1, -0.05) is 18.2 Å². The maximum Gasteiger partial charge on any atom is 0.225 e. The lowest BCUT2D eigenvalue weighted by Crippen LogP contribution is -2.30. The van der Waals surface area contributed by atoms with E-state index >= 15 is 0 Å².